The predicted molar refractivity (Wildman–Crippen MR) is 191 cm³/mol. The molecule has 0 fully saturated rings. The number of hydrogen-bond acceptors (Lipinski definition) is 9. The topological polar surface area (TPSA) is 252 Å². The zero-order valence-electron chi connectivity index (χ0n) is 29.5. The minimum atomic E-state index is -1.18. The number of nitrogens with two attached hydrogens (primary N) is 3. The number of carbonyl (C=O) groups is 6. The van der Waals surface area contributed by atoms with Crippen molar-refractivity contribution >= 4 is 41.2 Å². The number of carbonyl (C=O) groups excluding carboxylic acids is 5. The van der Waals surface area contributed by atoms with Crippen LogP contribution in [0.15, 0.2) is 36.9 Å². The summed E-state index contributed by atoms with van der Waals surface area (Å²) in [7, 11) is 0. The number of benzene rings is 1. The van der Waals surface area contributed by atoms with Crippen LogP contribution in [0.4, 0.5) is 5.69 Å². The van der Waals surface area contributed by atoms with Crippen LogP contribution in [0.25, 0.3) is 0 Å². The molecule has 15 nitrogen and oxygen atoms in total. The fourth-order valence-corrected chi connectivity index (χ4v) is 5.76. The van der Waals surface area contributed by atoms with Gasteiger partial charge in [-0.2, -0.15) is 0 Å². The van der Waals surface area contributed by atoms with E-state index in [4.69, 9.17) is 17.2 Å². The molecule has 0 radical (unpaired) electrons. The van der Waals surface area contributed by atoms with E-state index in [1.165, 1.54) is 17.9 Å². The van der Waals surface area contributed by atoms with Crippen molar-refractivity contribution in [3.05, 3.63) is 42.5 Å². The summed E-state index contributed by atoms with van der Waals surface area (Å²) in [4.78, 5) is 80.8. The van der Waals surface area contributed by atoms with Crippen molar-refractivity contribution in [2.45, 2.75) is 115 Å². The second-order valence-corrected chi connectivity index (χ2v) is 13.2. The third kappa shape index (κ3) is 12.5. The summed E-state index contributed by atoms with van der Waals surface area (Å²) in [6.45, 7) is 9.69. The SMILES string of the molecule is C=CC[C@H](NC(=O)[C@H](CCCCN)NC(=O)[C@H](CCCCN)NC(=O)[C@H](C)N)C(=O)N1c2ccccc2C[C@H]1C(=O)N[C@@H](CC(C)C)C(=O)O. The maximum atomic E-state index is 14.3. The Morgan fingerprint density at radius 1 is 0.840 bits per heavy atom. The van der Waals surface area contributed by atoms with Gasteiger partial charge in [-0.25, -0.2) is 4.79 Å². The summed E-state index contributed by atoms with van der Waals surface area (Å²) in [5.41, 5.74) is 18.2. The van der Waals surface area contributed by atoms with Crippen molar-refractivity contribution in [1.29, 1.82) is 0 Å². The fraction of sp³-hybridized carbons (Fsp3) is 0.600. The number of fused-ring (bicyclic) bond motifs is 1. The third-order valence-corrected chi connectivity index (χ3v) is 8.43. The zero-order chi connectivity index (χ0) is 37.4. The molecule has 11 N–H and O–H groups in total. The van der Waals surface area contributed by atoms with Crippen molar-refractivity contribution in [3.63, 3.8) is 0 Å². The summed E-state index contributed by atoms with van der Waals surface area (Å²) in [6.07, 6.45) is 4.50. The van der Waals surface area contributed by atoms with Crippen LogP contribution in [0.3, 0.4) is 0 Å². The number of carboxylic acid groups (broad SMARTS) is 1. The first-order chi connectivity index (χ1) is 23.7. The Hall–Kier alpha value is -4.34. The first-order valence-electron chi connectivity index (χ1n) is 17.4. The van der Waals surface area contributed by atoms with E-state index in [-0.39, 0.29) is 38.0 Å². The molecule has 15 heteroatoms. The van der Waals surface area contributed by atoms with Crippen molar-refractivity contribution in [2.24, 2.45) is 23.1 Å². The lowest BCUT2D eigenvalue weighted by Gasteiger charge is -2.31. The second-order valence-electron chi connectivity index (χ2n) is 13.2. The van der Waals surface area contributed by atoms with E-state index in [1.807, 2.05) is 13.8 Å². The number of rotatable bonds is 22. The minimum Gasteiger partial charge on any atom is -0.480 e. The summed E-state index contributed by atoms with van der Waals surface area (Å²) in [5.74, 6) is -4.19. The van der Waals surface area contributed by atoms with E-state index in [0.717, 1.165) is 0 Å². The fourth-order valence-electron chi connectivity index (χ4n) is 5.76. The van der Waals surface area contributed by atoms with Crippen LogP contribution in [0, 0.1) is 5.92 Å². The first-order valence-corrected chi connectivity index (χ1v) is 17.4. The normalized spacial score (nSPS) is 16.7. The van der Waals surface area contributed by atoms with Crippen LogP contribution in [0.5, 0.6) is 0 Å². The van der Waals surface area contributed by atoms with Crippen molar-refractivity contribution in [2.75, 3.05) is 18.0 Å². The number of nitrogens with one attached hydrogen (secondary N) is 4. The number of unbranched alkanes of at least 4 members (excludes halogenated alkanes) is 2. The molecule has 1 aromatic rings. The van der Waals surface area contributed by atoms with Gasteiger partial charge in [-0.15, -0.1) is 6.58 Å². The molecule has 6 atom stereocenters. The van der Waals surface area contributed by atoms with Gasteiger partial charge in [0.25, 0.3) is 5.91 Å². The molecule has 0 aliphatic carbocycles. The highest BCUT2D eigenvalue weighted by Crippen LogP contribution is 2.33. The molecule has 1 aliphatic heterocycles. The Labute approximate surface area is 294 Å². The summed E-state index contributed by atoms with van der Waals surface area (Å²) < 4.78 is 0. The standard InChI is InChI=1S/C35H56N8O7/c1-5-12-26(34(48)43-28-16-7-6-13-23(28)20-29(43)33(47)42-27(35(49)50)19-21(2)3)41-32(46)25(15-9-11-18-37)40-31(45)24(14-8-10-17-36)39-30(44)22(4)38/h5-7,13,16,21-22,24-27,29H,1,8-12,14-15,17-20,36-38H2,2-4H3,(H,39,44)(H,40,45)(H,41,46)(H,42,47)(H,49,50)/t22-,24-,25-,26-,27-,29-/m0/s1. The number of nitrogens with zero attached hydrogens (tertiary/aromatic N) is 1. The van der Waals surface area contributed by atoms with Crippen LogP contribution in [0.2, 0.25) is 0 Å². The predicted octanol–water partition coefficient (Wildman–Crippen LogP) is 0.196. The first kappa shape index (κ1) is 41.8. The Kier molecular flexibility index (Phi) is 17.6. The quantitative estimate of drug-likeness (QED) is 0.0602. The number of amides is 5. The van der Waals surface area contributed by atoms with Gasteiger partial charge in [-0.3, -0.25) is 28.9 Å². The molecule has 0 bridgehead atoms. The van der Waals surface area contributed by atoms with E-state index in [2.05, 4.69) is 27.8 Å². The average molecular weight is 701 g/mol. The molecule has 1 aliphatic rings. The average Bonchev–Trinajstić information content (AvgIpc) is 3.46. The van der Waals surface area contributed by atoms with E-state index >= 15 is 0 Å². The number of carboxylic acids is 1. The molecule has 0 saturated heterocycles. The van der Waals surface area contributed by atoms with E-state index in [0.29, 0.717) is 50.0 Å². The van der Waals surface area contributed by atoms with E-state index in [9.17, 15) is 33.9 Å². The molecular weight excluding hydrogens is 644 g/mol. The molecule has 0 saturated carbocycles. The lowest BCUT2D eigenvalue weighted by molar-refractivity contribution is -0.142. The molecule has 0 aromatic heterocycles. The van der Waals surface area contributed by atoms with Crippen molar-refractivity contribution in [1.82, 2.24) is 21.3 Å². The van der Waals surface area contributed by atoms with Gasteiger partial charge in [0.05, 0.1) is 6.04 Å². The van der Waals surface area contributed by atoms with Crippen LogP contribution < -0.4 is 43.4 Å². The maximum absolute atomic E-state index is 14.3. The summed E-state index contributed by atoms with van der Waals surface area (Å²) in [5, 5.41) is 20.5. The van der Waals surface area contributed by atoms with Gasteiger partial charge in [-0.05, 0) is 88.9 Å². The van der Waals surface area contributed by atoms with Crippen molar-refractivity contribution < 1.29 is 33.9 Å². The molecule has 2 rings (SSSR count). The van der Waals surface area contributed by atoms with Gasteiger partial charge in [-0.1, -0.05) is 38.1 Å². The maximum Gasteiger partial charge on any atom is 0.326 e. The number of hydrogen-bond donors (Lipinski definition) is 8. The molecule has 1 aromatic carbocycles. The smallest absolute Gasteiger partial charge is 0.326 e. The van der Waals surface area contributed by atoms with Gasteiger partial charge < -0.3 is 43.6 Å². The van der Waals surface area contributed by atoms with Gasteiger partial charge in [0.15, 0.2) is 0 Å². The zero-order valence-corrected chi connectivity index (χ0v) is 29.5. The Morgan fingerprint density at radius 3 is 1.88 bits per heavy atom. The number of anilines is 1. The van der Waals surface area contributed by atoms with Gasteiger partial charge in [0, 0.05) is 12.1 Å². The molecule has 278 valence electrons. The molecule has 1 heterocycles. The van der Waals surface area contributed by atoms with Gasteiger partial charge in [0.1, 0.15) is 30.2 Å². The van der Waals surface area contributed by atoms with E-state index in [1.54, 1.807) is 24.3 Å². The van der Waals surface area contributed by atoms with Crippen LogP contribution in [0.1, 0.15) is 77.7 Å². The molecular formula is C35H56N8O7. The highest BCUT2D eigenvalue weighted by atomic mass is 16.4. The summed E-state index contributed by atoms with van der Waals surface area (Å²) in [6, 6.07) is 0.645. The molecule has 0 unspecified atom stereocenters. The van der Waals surface area contributed by atoms with Gasteiger partial charge >= 0.3 is 5.97 Å². The van der Waals surface area contributed by atoms with Crippen LogP contribution in [-0.2, 0) is 35.2 Å². The molecule has 0 spiro atoms. The van der Waals surface area contributed by atoms with E-state index < -0.39 is 71.8 Å². The lowest BCUT2D eigenvalue weighted by Crippen LogP contribution is -2.59. The monoisotopic (exact) mass is 700 g/mol. The molecule has 5 amide bonds. The third-order valence-electron chi connectivity index (χ3n) is 8.43. The van der Waals surface area contributed by atoms with Crippen LogP contribution in [-0.4, -0.2) is 90.0 Å². The lowest BCUT2D eigenvalue weighted by atomic mass is 10.0. The highest BCUT2D eigenvalue weighted by molar-refractivity contribution is 6.07. The Bertz CT molecular complexity index is 1340. The van der Waals surface area contributed by atoms with Crippen molar-refractivity contribution in [3.8, 4) is 0 Å². The Balaban J connectivity index is 2.37. The summed E-state index contributed by atoms with van der Waals surface area (Å²) >= 11 is 0. The second kappa shape index (κ2) is 21.0. The minimum absolute atomic E-state index is 0.00168. The number of para-hydroxylation sites is 1. The number of aliphatic carboxylic acids is 1. The highest BCUT2D eigenvalue weighted by Gasteiger charge is 2.42. The Morgan fingerprint density at radius 2 is 1.38 bits per heavy atom. The van der Waals surface area contributed by atoms with Crippen LogP contribution >= 0.6 is 0 Å². The molecule has 50 heavy (non-hydrogen) atoms. The van der Waals surface area contributed by atoms with Gasteiger partial charge in [0.2, 0.25) is 23.6 Å². The largest absolute Gasteiger partial charge is 0.480 e.